The first-order valence-electron chi connectivity index (χ1n) is 13.9. The zero-order chi connectivity index (χ0) is 25.9. The van der Waals surface area contributed by atoms with Gasteiger partial charge in [-0.15, -0.1) is 0 Å². The molecule has 37 heavy (non-hydrogen) atoms. The van der Waals surface area contributed by atoms with Crippen LogP contribution in [0.2, 0.25) is 0 Å². The van der Waals surface area contributed by atoms with Crippen LogP contribution < -0.4 is 11.5 Å². The Hall–Kier alpha value is -2.52. The molecule has 2 unspecified atom stereocenters. The Morgan fingerprint density at radius 1 is 1.08 bits per heavy atom. The predicted octanol–water partition coefficient (Wildman–Crippen LogP) is 3.65. The van der Waals surface area contributed by atoms with Crippen LogP contribution in [0, 0.1) is 0 Å². The molecule has 1 aliphatic heterocycles. The summed E-state index contributed by atoms with van der Waals surface area (Å²) in [6.45, 7) is 4.40. The van der Waals surface area contributed by atoms with Gasteiger partial charge in [-0.2, -0.15) is 0 Å². The third kappa shape index (κ3) is 7.74. The van der Waals surface area contributed by atoms with Crippen LogP contribution in [0.1, 0.15) is 61.4 Å². The van der Waals surface area contributed by atoms with Gasteiger partial charge in [0.1, 0.15) is 6.61 Å². The molecule has 2 aromatic rings. The zero-order valence-electron chi connectivity index (χ0n) is 22.0. The number of fused-ring (bicyclic) bond motifs is 1. The molecule has 1 aliphatic carbocycles. The number of hydrogen-bond donors (Lipinski definition) is 2. The number of ether oxygens (including phenoxy) is 2. The number of benzene rings is 1. The molecule has 3 atom stereocenters. The van der Waals surface area contributed by atoms with Gasteiger partial charge in [0.25, 0.3) is 0 Å². The molecule has 0 spiro atoms. The molecular weight excluding hydrogens is 466 g/mol. The second-order valence-corrected chi connectivity index (χ2v) is 10.2. The van der Waals surface area contributed by atoms with E-state index in [-0.39, 0.29) is 30.9 Å². The number of rotatable bonds is 13. The summed E-state index contributed by atoms with van der Waals surface area (Å²) in [5.74, 6) is 0. The van der Waals surface area contributed by atoms with Crippen molar-refractivity contribution in [2.75, 3.05) is 39.3 Å². The van der Waals surface area contributed by atoms with Gasteiger partial charge in [-0.3, -0.25) is 9.88 Å². The number of nitrogens with zero attached hydrogens (tertiary/aromatic N) is 3. The van der Waals surface area contributed by atoms with E-state index < -0.39 is 0 Å². The van der Waals surface area contributed by atoms with E-state index in [2.05, 4.69) is 11.0 Å². The van der Waals surface area contributed by atoms with Crippen LogP contribution >= 0.6 is 0 Å². The molecule has 1 amide bonds. The van der Waals surface area contributed by atoms with Crippen LogP contribution in [0.3, 0.4) is 0 Å². The molecule has 1 aromatic heterocycles. The average molecular weight is 510 g/mol. The molecule has 1 fully saturated rings. The lowest BCUT2D eigenvalue weighted by Gasteiger charge is -2.38. The number of carbonyl (C=O) groups excluding carboxylic acids is 1. The number of carbonyl (C=O) groups is 1. The fraction of sp³-hybridized carbons (Fsp3) is 0.586. The molecule has 202 valence electrons. The minimum Gasteiger partial charge on any atom is -0.445 e. The smallest absolute Gasteiger partial charge is 0.410 e. The lowest BCUT2D eigenvalue weighted by atomic mass is 9.90. The molecule has 1 saturated heterocycles. The van der Waals surface area contributed by atoms with Crippen LogP contribution in [0.25, 0.3) is 0 Å². The summed E-state index contributed by atoms with van der Waals surface area (Å²) in [7, 11) is 0. The summed E-state index contributed by atoms with van der Waals surface area (Å²) in [4.78, 5) is 22.5. The highest BCUT2D eigenvalue weighted by Crippen LogP contribution is 2.34. The van der Waals surface area contributed by atoms with Gasteiger partial charge in [0.05, 0.1) is 30.4 Å². The maximum atomic E-state index is 13.3. The Bertz CT molecular complexity index is 960. The molecule has 1 aromatic carbocycles. The van der Waals surface area contributed by atoms with Gasteiger partial charge in [0, 0.05) is 19.3 Å². The normalized spacial score (nSPS) is 21.3. The van der Waals surface area contributed by atoms with Crippen LogP contribution in [-0.4, -0.2) is 72.4 Å². The third-order valence-electron chi connectivity index (χ3n) is 7.47. The maximum Gasteiger partial charge on any atom is 0.410 e. The molecule has 8 nitrogen and oxygen atoms in total. The number of nitrogens with two attached hydrogens (primary N) is 2. The largest absolute Gasteiger partial charge is 0.445 e. The second kappa shape index (κ2) is 14.4. The van der Waals surface area contributed by atoms with Crippen molar-refractivity contribution in [1.29, 1.82) is 0 Å². The topological polar surface area (TPSA) is 107 Å². The summed E-state index contributed by atoms with van der Waals surface area (Å²) >= 11 is 0. The standard InChI is InChI=1S/C29H43N5O3/c30-14-4-5-17-33(27-13-6-11-24-12-7-16-32-28(24)27)20-25-19-26(36-18-8-15-31)21-34(25)29(35)37-22-23-9-2-1-3-10-23/h1-3,7,9-10,12,16,25-27H,4-6,8,11,13-15,17-22,30-31H2/t25?,26?,27-/m0/s1. The van der Waals surface area contributed by atoms with Crippen molar-refractivity contribution >= 4 is 6.09 Å². The zero-order valence-corrected chi connectivity index (χ0v) is 22.0. The molecular formula is C29H43N5O3. The highest BCUT2D eigenvalue weighted by atomic mass is 16.6. The van der Waals surface area contributed by atoms with Crippen LogP contribution in [0.15, 0.2) is 48.7 Å². The van der Waals surface area contributed by atoms with Crippen molar-refractivity contribution in [1.82, 2.24) is 14.8 Å². The number of aromatic nitrogens is 1. The molecule has 4 N–H and O–H groups in total. The summed E-state index contributed by atoms with van der Waals surface area (Å²) in [5, 5.41) is 0. The first kappa shape index (κ1) is 27.5. The fourth-order valence-corrected chi connectivity index (χ4v) is 5.57. The van der Waals surface area contributed by atoms with E-state index in [1.165, 1.54) is 11.3 Å². The number of unbranched alkanes of at least 4 members (excludes halogenated alkanes) is 1. The summed E-state index contributed by atoms with van der Waals surface area (Å²) in [6, 6.07) is 14.3. The van der Waals surface area contributed by atoms with Gasteiger partial charge in [0.2, 0.25) is 0 Å². The highest BCUT2D eigenvalue weighted by Gasteiger charge is 2.39. The fourth-order valence-electron chi connectivity index (χ4n) is 5.57. The lowest BCUT2D eigenvalue weighted by Crippen LogP contribution is -2.45. The molecule has 0 saturated carbocycles. The monoisotopic (exact) mass is 509 g/mol. The molecule has 0 bridgehead atoms. The number of hydrogen-bond acceptors (Lipinski definition) is 7. The van der Waals surface area contributed by atoms with Gasteiger partial charge >= 0.3 is 6.09 Å². The van der Waals surface area contributed by atoms with Gasteiger partial charge in [0.15, 0.2) is 0 Å². The van der Waals surface area contributed by atoms with Crippen molar-refractivity contribution in [3.8, 4) is 0 Å². The van der Waals surface area contributed by atoms with E-state index in [4.69, 9.17) is 25.9 Å². The van der Waals surface area contributed by atoms with Crippen molar-refractivity contribution in [2.24, 2.45) is 11.5 Å². The van der Waals surface area contributed by atoms with E-state index in [9.17, 15) is 4.79 Å². The average Bonchev–Trinajstić information content (AvgIpc) is 3.34. The molecule has 4 rings (SSSR count). The van der Waals surface area contributed by atoms with Crippen LogP contribution in [0.4, 0.5) is 4.79 Å². The minimum absolute atomic E-state index is 0.0107. The molecule has 8 heteroatoms. The van der Waals surface area contributed by atoms with Crippen molar-refractivity contribution in [3.63, 3.8) is 0 Å². The third-order valence-corrected chi connectivity index (χ3v) is 7.47. The second-order valence-electron chi connectivity index (χ2n) is 10.2. The minimum atomic E-state index is -0.275. The predicted molar refractivity (Wildman–Crippen MR) is 145 cm³/mol. The van der Waals surface area contributed by atoms with E-state index in [1.54, 1.807) is 0 Å². The molecule has 2 heterocycles. The Morgan fingerprint density at radius 3 is 2.73 bits per heavy atom. The number of aryl methyl sites for hydroxylation is 1. The summed E-state index contributed by atoms with van der Waals surface area (Å²) in [6.07, 6.45) is 8.53. The van der Waals surface area contributed by atoms with E-state index in [1.807, 2.05) is 47.5 Å². The maximum absolute atomic E-state index is 13.3. The Labute approximate surface area is 221 Å². The van der Waals surface area contributed by atoms with E-state index in [0.29, 0.717) is 26.2 Å². The van der Waals surface area contributed by atoms with E-state index in [0.717, 1.165) is 63.6 Å². The van der Waals surface area contributed by atoms with Gasteiger partial charge in [-0.25, -0.2) is 4.79 Å². The number of likely N-dealkylation sites (tertiary alicyclic amines) is 1. The SMILES string of the molecule is NCCCCN(CC1CC(OCCCN)CN1C(=O)OCc1ccccc1)[C@H]1CCCc2cccnc21. The van der Waals surface area contributed by atoms with E-state index >= 15 is 0 Å². The van der Waals surface area contributed by atoms with Crippen LogP contribution in [0.5, 0.6) is 0 Å². The van der Waals surface area contributed by atoms with Gasteiger partial charge in [-0.05, 0) is 81.8 Å². The van der Waals surface area contributed by atoms with Crippen LogP contribution in [-0.2, 0) is 22.5 Å². The highest BCUT2D eigenvalue weighted by molar-refractivity contribution is 5.68. The first-order chi connectivity index (χ1) is 18.2. The van der Waals surface area contributed by atoms with Gasteiger partial charge in [-0.1, -0.05) is 36.4 Å². The Balaban J connectivity index is 1.49. The van der Waals surface area contributed by atoms with Crippen molar-refractivity contribution in [2.45, 2.75) is 69.7 Å². The lowest BCUT2D eigenvalue weighted by molar-refractivity contribution is 0.0527. The van der Waals surface area contributed by atoms with Gasteiger partial charge < -0.3 is 25.8 Å². The summed E-state index contributed by atoms with van der Waals surface area (Å²) < 4.78 is 11.9. The summed E-state index contributed by atoms with van der Waals surface area (Å²) in [5.41, 5.74) is 15.0. The molecule has 2 aliphatic rings. The van der Waals surface area contributed by atoms with Crippen molar-refractivity contribution in [3.05, 3.63) is 65.5 Å². The Kier molecular flexibility index (Phi) is 10.7. The number of pyridine rings is 1. The first-order valence-corrected chi connectivity index (χ1v) is 13.9. The quantitative estimate of drug-likeness (QED) is 0.397. The number of amides is 1. The Morgan fingerprint density at radius 2 is 1.92 bits per heavy atom. The van der Waals surface area contributed by atoms with Crippen molar-refractivity contribution < 1.29 is 14.3 Å². The molecule has 0 radical (unpaired) electrons.